The lowest BCUT2D eigenvalue weighted by Crippen LogP contribution is -2.02. The van der Waals surface area contributed by atoms with Crippen LogP contribution >= 0.6 is 11.8 Å². The van der Waals surface area contributed by atoms with E-state index >= 15 is 0 Å². The molecule has 1 heterocycles. The molecule has 2 aromatic carbocycles. The Labute approximate surface area is 109 Å². The highest BCUT2D eigenvalue weighted by Crippen LogP contribution is 2.32. The third kappa shape index (κ3) is 2.41. The van der Waals surface area contributed by atoms with Crippen molar-refractivity contribution in [3.05, 3.63) is 54.6 Å². The number of fused-ring (bicyclic) bond motifs is 1. The summed E-state index contributed by atoms with van der Waals surface area (Å²) in [5.74, 6) is 0. The number of thioether (sulfide) groups is 1. The smallest absolute Gasteiger partial charge is 0.232 e. The molecule has 0 bridgehead atoms. The fourth-order valence-corrected chi connectivity index (χ4v) is 2.26. The molecule has 2 aromatic rings. The fourth-order valence-electron chi connectivity index (χ4n) is 1.52. The molecular formula is C13H10N4S. The first kappa shape index (κ1) is 11.0. The first-order chi connectivity index (χ1) is 8.92. The molecule has 1 aliphatic rings. The highest BCUT2D eigenvalue weighted by atomic mass is 32.2. The Kier molecular flexibility index (Phi) is 3.06. The molecule has 0 unspecified atom stereocenters. The molecule has 1 N–H and O–H groups in total. The van der Waals surface area contributed by atoms with Crippen molar-refractivity contribution in [1.29, 1.82) is 0 Å². The Bertz CT molecular complexity index is 607. The summed E-state index contributed by atoms with van der Waals surface area (Å²) in [6.07, 6.45) is 0. The van der Waals surface area contributed by atoms with E-state index in [1.807, 2.05) is 54.6 Å². The van der Waals surface area contributed by atoms with Gasteiger partial charge in [-0.05, 0) is 36.0 Å². The number of hydrogen-bond donors (Lipinski definition) is 1. The van der Waals surface area contributed by atoms with Gasteiger partial charge >= 0.3 is 0 Å². The summed E-state index contributed by atoms with van der Waals surface area (Å²) in [6.45, 7) is 0. The van der Waals surface area contributed by atoms with Crippen LogP contribution in [-0.2, 0) is 0 Å². The van der Waals surface area contributed by atoms with E-state index < -0.39 is 0 Å². The zero-order chi connectivity index (χ0) is 12.2. The summed E-state index contributed by atoms with van der Waals surface area (Å²) in [5.41, 5.74) is 4.78. The number of nitrogens with zero attached hydrogens (tertiary/aromatic N) is 3. The standard InChI is InChI=1S/C13H10N4S/c1-2-6-10(7-3-1)14-16-13-17-15-11-8-4-5-9-12(11)18-13/h1-9,15H. The summed E-state index contributed by atoms with van der Waals surface area (Å²) in [5, 5.41) is 13.0. The zero-order valence-electron chi connectivity index (χ0n) is 9.45. The van der Waals surface area contributed by atoms with Gasteiger partial charge in [-0.3, -0.25) is 5.43 Å². The van der Waals surface area contributed by atoms with Crippen LogP contribution in [0.1, 0.15) is 0 Å². The number of benzene rings is 2. The summed E-state index contributed by atoms with van der Waals surface area (Å²) in [7, 11) is 0. The predicted octanol–water partition coefficient (Wildman–Crippen LogP) is 4.26. The van der Waals surface area contributed by atoms with Gasteiger partial charge in [0, 0.05) is 4.90 Å². The van der Waals surface area contributed by atoms with E-state index in [4.69, 9.17) is 0 Å². The molecule has 1 aliphatic heterocycles. The van der Waals surface area contributed by atoms with E-state index in [0.29, 0.717) is 5.17 Å². The van der Waals surface area contributed by atoms with Gasteiger partial charge in [0.2, 0.25) is 5.17 Å². The molecule has 0 amide bonds. The topological polar surface area (TPSA) is 49.1 Å². The van der Waals surface area contributed by atoms with Crippen LogP contribution in [-0.4, -0.2) is 5.17 Å². The van der Waals surface area contributed by atoms with E-state index in [0.717, 1.165) is 16.3 Å². The lowest BCUT2D eigenvalue weighted by Gasteiger charge is -2.12. The third-order valence-electron chi connectivity index (χ3n) is 2.37. The number of amidine groups is 1. The van der Waals surface area contributed by atoms with Crippen molar-refractivity contribution in [2.24, 2.45) is 15.3 Å². The molecule has 0 fully saturated rings. The summed E-state index contributed by atoms with van der Waals surface area (Å²) < 4.78 is 0. The second-order valence-corrected chi connectivity index (χ2v) is 4.65. The van der Waals surface area contributed by atoms with Crippen molar-refractivity contribution in [3.63, 3.8) is 0 Å². The van der Waals surface area contributed by atoms with Gasteiger partial charge < -0.3 is 0 Å². The van der Waals surface area contributed by atoms with Crippen molar-refractivity contribution in [1.82, 2.24) is 0 Å². The highest BCUT2D eigenvalue weighted by molar-refractivity contribution is 8.14. The zero-order valence-corrected chi connectivity index (χ0v) is 10.3. The normalized spacial score (nSPS) is 13.9. The Morgan fingerprint density at radius 2 is 1.67 bits per heavy atom. The van der Waals surface area contributed by atoms with E-state index in [2.05, 4.69) is 20.8 Å². The van der Waals surface area contributed by atoms with E-state index in [1.165, 1.54) is 11.8 Å². The summed E-state index contributed by atoms with van der Waals surface area (Å²) in [4.78, 5) is 1.11. The van der Waals surface area contributed by atoms with Crippen LogP contribution in [0.25, 0.3) is 0 Å². The maximum Gasteiger partial charge on any atom is 0.232 e. The van der Waals surface area contributed by atoms with Gasteiger partial charge in [-0.15, -0.1) is 15.3 Å². The molecule has 4 nitrogen and oxygen atoms in total. The van der Waals surface area contributed by atoms with Crippen LogP contribution in [0.2, 0.25) is 0 Å². The summed E-state index contributed by atoms with van der Waals surface area (Å²) in [6, 6.07) is 17.6. The molecule has 5 heteroatoms. The number of anilines is 1. The molecule has 3 rings (SSSR count). The maximum absolute atomic E-state index is 4.16. The van der Waals surface area contributed by atoms with Crippen molar-refractivity contribution in [2.45, 2.75) is 4.90 Å². The Morgan fingerprint density at radius 1 is 0.889 bits per heavy atom. The number of hydrogen-bond acceptors (Lipinski definition) is 5. The van der Waals surface area contributed by atoms with Gasteiger partial charge in [0.25, 0.3) is 0 Å². The molecule has 18 heavy (non-hydrogen) atoms. The van der Waals surface area contributed by atoms with E-state index in [1.54, 1.807) is 0 Å². The van der Waals surface area contributed by atoms with Gasteiger partial charge in [0.05, 0.1) is 11.4 Å². The van der Waals surface area contributed by atoms with Gasteiger partial charge in [0.1, 0.15) is 0 Å². The van der Waals surface area contributed by atoms with Gasteiger partial charge in [-0.25, -0.2) is 0 Å². The van der Waals surface area contributed by atoms with Crippen LogP contribution in [0.3, 0.4) is 0 Å². The molecule has 0 radical (unpaired) electrons. The highest BCUT2D eigenvalue weighted by Gasteiger charge is 2.11. The third-order valence-corrected chi connectivity index (χ3v) is 3.30. The number of para-hydroxylation sites is 1. The van der Waals surface area contributed by atoms with E-state index in [-0.39, 0.29) is 0 Å². The van der Waals surface area contributed by atoms with E-state index in [9.17, 15) is 0 Å². The molecule has 0 aliphatic carbocycles. The summed E-state index contributed by atoms with van der Waals surface area (Å²) >= 11 is 1.50. The fraction of sp³-hybridized carbons (Fsp3) is 0. The maximum atomic E-state index is 4.16. The Hall–Kier alpha value is -2.14. The van der Waals surface area contributed by atoms with Crippen molar-refractivity contribution in [3.8, 4) is 0 Å². The Balaban J connectivity index is 1.77. The average Bonchev–Trinajstić information content (AvgIpc) is 2.46. The van der Waals surface area contributed by atoms with Gasteiger partial charge in [0.15, 0.2) is 0 Å². The molecule has 0 spiro atoms. The number of nitrogens with one attached hydrogen (secondary N) is 1. The molecular weight excluding hydrogens is 244 g/mol. The Morgan fingerprint density at radius 3 is 2.56 bits per heavy atom. The minimum atomic E-state index is 0.609. The van der Waals surface area contributed by atoms with Crippen molar-refractivity contribution in [2.75, 3.05) is 5.43 Å². The molecule has 0 saturated carbocycles. The second kappa shape index (κ2) is 5.01. The minimum absolute atomic E-state index is 0.609. The number of azo groups is 1. The van der Waals surface area contributed by atoms with Crippen LogP contribution in [0.15, 0.2) is 74.8 Å². The van der Waals surface area contributed by atoms with Crippen LogP contribution in [0, 0.1) is 0 Å². The minimum Gasteiger partial charge on any atom is -0.275 e. The molecule has 0 aromatic heterocycles. The SMILES string of the molecule is c1ccc(N=NC2=NNc3ccccc3S2)cc1. The molecule has 0 saturated heterocycles. The van der Waals surface area contributed by atoms with Crippen molar-refractivity contribution < 1.29 is 0 Å². The first-order valence-electron chi connectivity index (χ1n) is 5.49. The van der Waals surface area contributed by atoms with Gasteiger partial charge in [-0.2, -0.15) is 0 Å². The first-order valence-corrected chi connectivity index (χ1v) is 6.31. The average molecular weight is 254 g/mol. The molecule has 0 atom stereocenters. The lowest BCUT2D eigenvalue weighted by atomic mass is 10.3. The van der Waals surface area contributed by atoms with Gasteiger partial charge in [-0.1, -0.05) is 30.3 Å². The largest absolute Gasteiger partial charge is 0.275 e. The molecule has 88 valence electrons. The quantitative estimate of drug-likeness (QED) is 0.773. The lowest BCUT2D eigenvalue weighted by molar-refractivity contribution is 1.22. The second-order valence-electron chi connectivity index (χ2n) is 3.64. The predicted molar refractivity (Wildman–Crippen MR) is 74.3 cm³/mol. The monoisotopic (exact) mass is 254 g/mol. The van der Waals surface area contributed by atoms with Crippen LogP contribution in [0.4, 0.5) is 11.4 Å². The van der Waals surface area contributed by atoms with Crippen LogP contribution in [0.5, 0.6) is 0 Å². The number of hydrazone groups is 1. The van der Waals surface area contributed by atoms with Crippen molar-refractivity contribution >= 4 is 28.3 Å². The number of rotatable bonds is 1. The van der Waals surface area contributed by atoms with Crippen LogP contribution < -0.4 is 5.43 Å².